The standard InChI is InChI=1S/C16H13FN4O2/c1-8-12(10-4-18-7-19-5-10)11(17)6-21-14(8)13(9-2-3-9)15(22)20-16(21)23/h4-7,9H,2-3H2,1H3,(H,20,22,23). The molecule has 1 aliphatic rings. The van der Waals surface area contributed by atoms with E-state index in [4.69, 9.17) is 0 Å². The molecule has 0 aromatic carbocycles. The summed E-state index contributed by atoms with van der Waals surface area (Å²) >= 11 is 0. The second-order valence-corrected chi connectivity index (χ2v) is 5.77. The predicted molar refractivity (Wildman–Crippen MR) is 82.0 cm³/mol. The highest BCUT2D eigenvalue weighted by atomic mass is 19.1. The predicted octanol–water partition coefficient (Wildman–Crippen LogP) is 1.77. The molecule has 3 heterocycles. The van der Waals surface area contributed by atoms with Gasteiger partial charge < -0.3 is 0 Å². The quantitative estimate of drug-likeness (QED) is 0.782. The third-order valence-electron chi connectivity index (χ3n) is 4.23. The van der Waals surface area contributed by atoms with Gasteiger partial charge in [-0.2, -0.15) is 0 Å². The molecule has 0 amide bonds. The zero-order chi connectivity index (χ0) is 16.1. The van der Waals surface area contributed by atoms with Crippen LogP contribution >= 0.6 is 0 Å². The Bertz CT molecular complexity index is 1040. The molecule has 0 spiro atoms. The Morgan fingerprint density at radius 2 is 1.96 bits per heavy atom. The van der Waals surface area contributed by atoms with Gasteiger partial charge in [0.2, 0.25) is 0 Å². The van der Waals surface area contributed by atoms with Crippen molar-refractivity contribution in [3.8, 4) is 11.1 Å². The topological polar surface area (TPSA) is 80.1 Å². The van der Waals surface area contributed by atoms with Gasteiger partial charge in [-0.05, 0) is 31.2 Å². The first kappa shape index (κ1) is 13.8. The van der Waals surface area contributed by atoms with Crippen LogP contribution in [-0.4, -0.2) is 19.4 Å². The Hall–Kier alpha value is -2.83. The number of aryl methyl sites for hydroxylation is 1. The minimum atomic E-state index is -0.632. The lowest BCUT2D eigenvalue weighted by Crippen LogP contribution is -2.29. The normalized spacial score (nSPS) is 14.3. The number of nitrogens with one attached hydrogen (secondary N) is 1. The molecule has 1 saturated carbocycles. The zero-order valence-electron chi connectivity index (χ0n) is 12.3. The van der Waals surface area contributed by atoms with E-state index in [1.807, 2.05) is 0 Å². The number of halogens is 1. The summed E-state index contributed by atoms with van der Waals surface area (Å²) in [5.74, 6) is -0.431. The lowest BCUT2D eigenvalue weighted by atomic mass is 9.99. The average molecular weight is 312 g/mol. The Kier molecular flexibility index (Phi) is 2.90. The molecule has 116 valence electrons. The van der Waals surface area contributed by atoms with Crippen molar-refractivity contribution < 1.29 is 4.39 Å². The van der Waals surface area contributed by atoms with E-state index in [9.17, 15) is 14.0 Å². The van der Waals surface area contributed by atoms with Crippen LogP contribution in [-0.2, 0) is 0 Å². The maximum absolute atomic E-state index is 14.6. The zero-order valence-corrected chi connectivity index (χ0v) is 12.3. The summed E-state index contributed by atoms with van der Waals surface area (Å²) in [5.41, 5.74) is 1.40. The Labute approximate surface area is 129 Å². The second-order valence-electron chi connectivity index (χ2n) is 5.77. The van der Waals surface area contributed by atoms with E-state index in [0.29, 0.717) is 27.8 Å². The molecule has 7 heteroatoms. The van der Waals surface area contributed by atoms with Gasteiger partial charge in [-0.1, -0.05) is 0 Å². The van der Waals surface area contributed by atoms with E-state index in [1.54, 1.807) is 6.92 Å². The van der Waals surface area contributed by atoms with Gasteiger partial charge in [-0.3, -0.25) is 14.2 Å². The van der Waals surface area contributed by atoms with Crippen LogP contribution < -0.4 is 11.2 Å². The Morgan fingerprint density at radius 3 is 2.61 bits per heavy atom. The first-order valence-electron chi connectivity index (χ1n) is 7.31. The molecule has 1 N–H and O–H groups in total. The molecule has 0 aliphatic heterocycles. The van der Waals surface area contributed by atoms with Crippen LogP contribution in [0.25, 0.3) is 16.6 Å². The fourth-order valence-corrected chi connectivity index (χ4v) is 3.08. The van der Waals surface area contributed by atoms with Crippen LogP contribution in [0.3, 0.4) is 0 Å². The number of fused-ring (bicyclic) bond motifs is 1. The molecule has 23 heavy (non-hydrogen) atoms. The molecule has 3 aromatic rings. The average Bonchev–Trinajstić information content (AvgIpc) is 3.34. The molecule has 1 fully saturated rings. The van der Waals surface area contributed by atoms with Crippen LogP contribution in [0.4, 0.5) is 4.39 Å². The second kappa shape index (κ2) is 4.84. The first-order chi connectivity index (χ1) is 11.1. The molecular formula is C16H13FN4O2. The van der Waals surface area contributed by atoms with E-state index < -0.39 is 11.5 Å². The van der Waals surface area contributed by atoms with Gasteiger partial charge in [0.05, 0.1) is 11.7 Å². The largest absolute Gasteiger partial charge is 0.333 e. The van der Waals surface area contributed by atoms with Gasteiger partial charge in [0.1, 0.15) is 12.1 Å². The van der Waals surface area contributed by atoms with Gasteiger partial charge >= 0.3 is 5.69 Å². The summed E-state index contributed by atoms with van der Waals surface area (Å²) in [4.78, 5) is 34.4. The third-order valence-corrected chi connectivity index (χ3v) is 4.23. The van der Waals surface area contributed by atoms with Crippen LogP contribution in [0, 0.1) is 12.7 Å². The van der Waals surface area contributed by atoms with Gasteiger partial charge in [-0.25, -0.2) is 19.2 Å². The number of pyridine rings is 1. The Balaban J connectivity index is 2.17. The van der Waals surface area contributed by atoms with Crippen molar-refractivity contribution in [2.75, 3.05) is 0 Å². The minimum Gasteiger partial charge on any atom is -0.273 e. The van der Waals surface area contributed by atoms with Crippen molar-refractivity contribution in [1.82, 2.24) is 19.4 Å². The van der Waals surface area contributed by atoms with Crippen LogP contribution in [0.5, 0.6) is 0 Å². The summed E-state index contributed by atoms with van der Waals surface area (Å²) in [6.45, 7) is 1.71. The molecule has 3 aromatic heterocycles. The number of H-pyrrole nitrogens is 1. The van der Waals surface area contributed by atoms with Gasteiger partial charge in [-0.15, -0.1) is 0 Å². The minimum absolute atomic E-state index is 0.124. The van der Waals surface area contributed by atoms with Gasteiger partial charge in [0.15, 0.2) is 0 Å². The van der Waals surface area contributed by atoms with Crippen LogP contribution in [0.15, 0.2) is 34.5 Å². The third kappa shape index (κ3) is 2.08. The molecule has 0 saturated heterocycles. The van der Waals surface area contributed by atoms with E-state index in [1.165, 1.54) is 23.1 Å². The lowest BCUT2D eigenvalue weighted by Gasteiger charge is -2.14. The number of aromatic nitrogens is 4. The summed E-state index contributed by atoms with van der Waals surface area (Å²) in [5, 5.41) is 0. The maximum atomic E-state index is 14.6. The highest BCUT2D eigenvalue weighted by Crippen LogP contribution is 2.41. The monoisotopic (exact) mass is 312 g/mol. The highest BCUT2D eigenvalue weighted by molar-refractivity contribution is 5.76. The highest BCUT2D eigenvalue weighted by Gasteiger charge is 2.30. The fourth-order valence-electron chi connectivity index (χ4n) is 3.08. The lowest BCUT2D eigenvalue weighted by molar-refractivity contribution is 0.618. The van der Waals surface area contributed by atoms with E-state index in [2.05, 4.69) is 15.0 Å². The number of nitrogens with zero attached hydrogens (tertiary/aromatic N) is 3. The van der Waals surface area contributed by atoms with Crippen molar-refractivity contribution in [1.29, 1.82) is 0 Å². The summed E-state index contributed by atoms with van der Waals surface area (Å²) in [6, 6.07) is 0. The number of rotatable bonds is 2. The first-order valence-corrected chi connectivity index (χ1v) is 7.31. The smallest absolute Gasteiger partial charge is 0.273 e. The maximum Gasteiger partial charge on any atom is 0.333 e. The summed E-state index contributed by atoms with van der Waals surface area (Å²) in [6.07, 6.45) is 7.31. The van der Waals surface area contributed by atoms with Crippen molar-refractivity contribution in [2.45, 2.75) is 25.7 Å². The number of hydrogen-bond donors (Lipinski definition) is 1. The SMILES string of the molecule is Cc1c(-c2cncnc2)c(F)cn2c(=O)[nH]c(=O)c(C3CC3)c12. The molecule has 0 bridgehead atoms. The molecule has 4 rings (SSSR count). The summed E-state index contributed by atoms with van der Waals surface area (Å²) in [7, 11) is 0. The van der Waals surface area contributed by atoms with Crippen molar-refractivity contribution in [3.05, 3.63) is 62.7 Å². The number of hydrogen-bond acceptors (Lipinski definition) is 4. The Morgan fingerprint density at radius 1 is 1.26 bits per heavy atom. The number of aromatic amines is 1. The van der Waals surface area contributed by atoms with E-state index in [0.717, 1.165) is 19.0 Å². The van der Waals surface area contributed by atoms with E-state index in [-0.39, 0.29) is 11.5 Å². The van der Waals surface area contributed by atoms with Gasteiger partial charge in [0.25, 0.3) is 5.56 Å². The molecule has 6 nitrogen and oxygen atoms in total. The van der Waals surface area contributed by atoms with Crippen LogP contribution in [0.2, 0.25) is 0 Å². The van der Waals surface area contributed by atoms with Crippen molar-refractivity contribution in [3.63, 3.8) is 0 Å². The molecule has 0 atom stereocenters. The van der Waals surface area contributed by atoms with Crippen molar-refractivity contribution >= 4 is 5.52 Å². The molecular weight excluding hydrogens is 299 g/mol. The fraction of sp³-hybridized carbons (Fsp3) is 0.250. The molecule has 0 radical (unpaired) electrons. The van der Waals surface area contributed by atoms with E-state index >= 15 is 0 Å². The molecule has 1 aliphatic carbocycles. The van der Waals surface area contributed by atoms with Gasteiger partial charge in [0, 0.05) is 29.1 Å². The van der Waals surface area contributed by atoms with Crippen molar-refractivity contribution in [2.24, 2.45) is 0 Å². The molecule has 0 unspecified atom stereocenters. The van der Waals surface area contributed by atoms with Crippen LogP contribution in [0.1, 0.15) is 29.9 Å². The summed E-state index contributed by atoms with van der Waals surface area (Å²) < 4.78 is 15.8.